The van der Waals surface area contributed by atoms with Crippen molar-refractivity contribution in [3.63, 3.8) is 0 Å². The molecule has 0 aromatic carbocycles. The highest BCUT2D eigenvalue weighted by Crippen LogP contribution is 2.19. The minimum Gasteiger partial charge on any atom is -0.368 e. The van der Waals surface area contributed by atoms with Gasteiger partial charge in [0.15, 0.2) is 0 Å². The van der Waals surface area contributed by atoms with Crippen LogP contribution in [-0.2, 0) is 19.5 Å². The van der Waals surface area contributed by atoms with Crippen LogP contribution < -0.4 is 5.73 Å². The Morgan fingerprint density at radius 1 is 1.35 bits per heavy atom. The first kappa shape index (κ1) is 13.1. The molecule has 1 aliphatic rings. The van der Waals surface area contributed by atoms with E-state index in [9.17, 15) is 0 Å². The van der Waals surface area contributed by atoms with E-state index >= 15 is 0 Å². The zero-order chi connectivity index (χ0) is 14.1. The Hall–Kier alpha value is -1.95. The highest BCUT2D eigenvalue weighted by atomic mass is 15.3. The topological polar surface area (TPSA) is 72.9 Å². The number of aromatic nitrogens is 4. The van der Waals surface area contributed by atoms with Crippen LogP contribution in [0.25, 0.3) is 0 Å². The smallest absolute Gasteiger partial charge is 0.220 e. The maximum Gasteiger partial charge on any atom is 0.220 e. The molecule has 0 atom stereocenters. The average molecular weight is 272 g/mol. The molecule has 2 N–H and O–H groups in total. The highest BCUT2D eigenvalue weighted by molar-refractivity contribution is 5.27. The number of anilines is 1. The van der Waals surface area contributed by atoms with Crippen molar-refractivity contribution < 1.29 is 0 Å². The van der Waals surface area contributed by atoms with Gasteiger partial charge in [0.25, 0.3) is 0 Å². The molecule has 0 amide bonds. The molecule has 2 aromatic rings. The molecule has 1 aliphatic heterocycles. The van der Waals surface area contributed by atoms with E-state index in [0.29, 0.717) is 12.0 Å². The van der Waals surface area contributed by atoms with Crippen LogP contribution in [0.5, 0.6) is 0 Å². The second kappa shape index (κ2) is 5.20. The number of rotatable bonds is 3. The van der Waals surface area contributed by atoms with Crippen LogP contribution in [0.2, 0.25) is 0 Å². The largest absolute Gasteiger partial charge is 0.368 e. The van der Waals surface area contributed by atoms with Gasteiger partial charge in [-0.25, -0.2) is 9.97 Å². The van der Waals surface area contributed by atoms with E-state index in [1.165, 1.54) is 11.1 Å². The zero-order valence-electron chi connectivity index (χ0n) is 12.0. The SMILES string of the molecule is CC(C)n1cc(CN2CCc3nc(N)ncc3C2)cn1. The Bertz CT molecular complexity index is 603. The van der Waals surface area contributed by atoms with Gasteiger partial charge in [0.1, 0.15) is 0 Å². The van der Waals surface area contributed by atoms with E-state index in [1.54, 1.807) is 0 Å². The van der Waals surface area contributed by atoms with E-state index in [4.69, 9.17) is 5.73 Å². The van der Waals surface area contributed by atoms with E-state index in [1.807, 2.05) is 17.1 Å². The number of nitrogen functional groups attached to an aromatic ring is 1. The summed E-state index contributed by atoms with van der Waals surface area (Å²) in [6.45, 7) is 7.06. The Balaban J connectivity index is 1.69. The third-order valence-corrected chi connectivity index (χ3v) is 3.62. The van der Waals surface area contributed by atoms with Crippen molar-refractivity contribution in [1.82, 2.24) is 24.6 Å². The van der Waals surface area contributed by atoms with Gasteiger partial charge in [-0.2, -0.15) is 5.10 Å². The van der Waals surface area contributed by atoms with Gasteiger partial charge >= 0.3 is 0 Å². The molecule has 0 bridgehead atoms. The first-order chi connectivity index (χ1) is 9.61. The molecule has 0 radical (unpaired) electrons. The maximum absolute atomic E-state index is 5.62. The van der Waals surface area contributed by atoms with E-state index in [-0.39, 0.29) is 0 Å². The number of hydrogen-bond donors (Lipinski definition) is 1. The van der Waals surface area contributed by atoms with Crippen LogP contribution >= 0.6 is 0 Å². The predicted octanol–water partition coefficient (Wildman–Crippen LogP) is 1.39. The van der Waals surface area contributed by atoms with Crippen molar-refractivity contribution in [3.8, 4) is 0 Å². The molecule has 3 rings (SSSR count). The molecular weight excluding hydrogens is 252 g/mol. The van der Waals surface area contributed by atoms with E-state index in [2.05, 4.69) is 40.0 Å². The lowest BCUT2D eigenvalue weighted by Crippen LogP contribution is -2.30. The molecule has 0 spiro atoms. The lowest BCUT2D eigenvalue weighted by Gasteiger charge is -2.27. The van der Waals surface area contributed by atoms with Gasteiger partial charge in [-0.15, -0.1) is 0 Å². The molecule has 0 unspecified atom stereocenters. The summed E-state index contributed by atoms with van der Waals surface area (Å²) in [5.74, 6) is 0.371. The van der Waals surface area contributed by atoms with Gasteiger partial charge in [-0.05, 0) is 13.8 Å². The van der Waals surface area contributed by atoms with Crippen LogP contribution in [0, 0.1) is 0 Å². The van der Waals surface area contributed by atoms with Crippen LogP contribution in [0.4, 0.5) is 5.95 Å². The summed E-state index contributed by atoms with van der Waals surface area (Å²) in [5, 5.41) is 4.39. The summed E-state index contributed by atoms with van der Waals surface area (Å²) >= 11 is 0. The van der Waals surface area contributed by atoms with Crippen LogP contribution in [-0.4, -0.2) is 31.2 Å². The summed E-state index contributed by atoms with van der Waals surface area (Å²) in [6, 6.07) is 0.405. The monoisotopic (exact) mass is 272 g/mol. The molecule has 6 heteroatoms. The lowest BCUT2D eigenvalue weighted by atomic mass is 10.1. The molecule has 2 aromatic heterocycles. The summed E-state index contributed by atoms with van der Waals surface area (Å²) in [5.41, 5.74) is 9.14. The van der Waals surface area contributed by atoms with E-state index < -0.39 is 0 Å². The van der Waals surface area contributed by atoms with Crippen LogP contribution in [0.15, 0.2) is 18.6 Å². The summed E-state index contributed by atoms with van der Waals surface area (Å²) < 4.78 is 2.00. The lowest BCUT2D eigenvalue weighted by molar-refractivity contribution is 0.243. The number of nitrogens with zero attached hydrogens (tertiary/aromatic N) is 5. The Morgan fingerprint density at radius 2 is 2.20 bits per heavy atom. The molecular formula is C14H20N6. The Morgan fingerprint density at radius 3 is 2.95 bits per heavy atom. The fraction of sp³-hybridized carbons (Fsp3) is 0.500. The minimum atomic E-state index is 0.371. The van der Waals surface area contributed by atoms with Gasteiger partial charge < -0.3 is 5.73 Å². The summed E-state index contributed by atoms with van der Waals surface area (Å²) in [7, 11) is 0. The number of nitrogens with two attached hydrogens (primary N) is 1. The maximum atomic E-state index is 5.62. The molecule has 6 nitrogen and oxygen atoms in total. The van der Waals surface area contributed by atoms with Gasteiger partial charge in [-0.1, -0.05) is 0 Å². The molecule has 0 aliphatic carbocycles. The summed E-state index contributed by atoms with van der Waals surface area (Å²) in [6.07, 6.45) is 6.86. The molecule has 0 saturated carbocycles. The molecule has 0 fully saturated rings. The molecule has 106 valence electrons. The standard InChI is InChI=1S/C14H20N6/c1-10(2)20-8-11(5-17-20)7-19-4-3-13-12(9-19)6-16-14(15)18-13/h5-6,8,10H,3-4,7,9H2,1-2H3,(H2,15,16,18). The van der Waals surface area contributed by atoms with Crippen molar-refractivity contribution in [2.24, 2.45) is 0 Å². The molecule has 20 heavy (non-hydrogen) atoms. The minimum absolute atomic E-state index is 0.371. The highest BCUT2D eigenvalue weighted by Gasteiger charge is 2.18. The molecule has 0 saturated heterocycles. The first-order valence-corrected chi connectivity index (χ1v) is 6.97. The quantitative estimate of drug-likeness (QED) is 0.914. The Labute approximate surface area is 118 Å². The fourth-order valence-corrected chi connectivity index (χ4v) is 2.52. The second-order valence-corrected chi connectivity index (χ2v) is 5.58. The first-order valence-electron chi connectivity index (χ1n) is 6.97. The number of fused-ring (bicyclic) bond motifs is 1. The molecule has 3 heterocycles. The van der Waals surface area contributed by atoms with Crippen molar-refractivity contribution in [1.29, 1.82) is 0 Å². The average Bonchev–Trinajstić information content (AvgIpc) is 2.88. The van der Waals surface area contributed by atoms with Crippen molar-refractivity contribution >= 4 is 5.95 Å². The predicted molar refractivity (Wildman–Crippen MR) is 76.9 cm³/mol. The van der Waals surface area contributed by atoms with Gasteiger partial charge in [0.2, 0.25) is 5.95 Å². The van der Waals surface area contributed by atoms with Crippen LogP contribution in [0.1, 0.15) is 36.7 Å². The van der Waals surface area contributed by atoms with Crippen LogP contribution in [0.3, 0.4) is 0 Å². The third-order valence-electron chi connectivity index (χ3n) is 3.62. The Kier molecular flexibility index (Phi) is 3.40. The summed E-state index contributed by atoms with van der Waals surface area (Å²) in [4.78, 5) is 10.8. The fourth-order valence-electron chi connectivity index (χ4n) is 2.52. The van der Waals surface area contributed by atoms with Crippen molar-refractivity contribution in [2.45, 2.75) is 39.4 Å². The third kappa shape index (κ3) is 2.65. The van der Waals surface area contributed by atoms with E-state index in [0.717, 1.165) is 31.7 Å². The second-order valence-electron chi connectivity index (χ2n) is 5.58. The van der Waals surface area contributed by atoms with Crippen molar-refractivity contribution in [2.75, 3.05) is 12.3 Å². The van der Waals surface area contributed by atoms with Gasteiger partial charge in [0.05, 0.1) is 11.9 Å². The normalized spacial score (nSPS) is 15.6. The zero-order valence-corrected chi connectivity index (χ0v) is 12.0. The van der Waals surface area contributed by atoms with Gasteiger partial charge in [-0.3, -0.25) is 9.58 Å². The van der Waals surface area contributed by atoms with Crippen molar-refractivity contribution in [3.05, 3.63) is 35.4 Å². The number of hydrogen-bond acceptors (Lipinski definition) is 5. The van der Waals surface area contributed by atoms with Gasteiger partial charge in [0, 0.05) is 55.6 Å².